The zero-order valence-electron chi connectivity index (χ0n) is 12.0. The number of fused-ring (bicyclic) bond motifs is 1. The fourth-order valence-corrected chi connectivity index (χ4v) is 2.90. The molecule has 0 saturated carbocycles. The number of hydrogen-bond donors (Lipinski definition) is 0. The molecule has 3 aromatic rings. The van der Waals surface area contributed by atoms with Crippen molar-refractivity contribution in [3.8, 4) is 5.75 Å². The standard InChI is InChI=1S/C19H17NO/c1-21-18-10-8-17(9-11-18)20-13-19(20)16-7-6-14-4-2-3-5-15(14)12-16/h2-12,19H,13H2,1H3/t19-,20?/m1/s1. The summed E-state index contributed by atoms with van der Waals surface area (Å²) in [6, 6.07) is 24.1. The van der Waals surface area contributed by atoms with Gasteiger partial charge in [-0.25, -0.2) is 0 Å². The summed E-state index contributed by atoms with van der Waals surface area (Å²) >= 11 is 0. The van der Waals surface area contributed by atoms with E-state index >= 15 is 0 Å². The fraction of sp³-hybridized carbons (Fsp3) is 0.158. The average Bonchev–Trinajstić information content (AvgIpc) is 3.35. The van der Waals surface area contributed by atoms with E-state index in [0.717, 1.165) is 12.3 Å². The maximum absolute atomic E-state index is 5.21. The molecule has 4 rings (SSSR count). The second kappa shape index (κ2) is 4.81. The van der Waals surface area contributed by atoms with E-state index in [1.165, 1.54) is 22.0 Å². The van der Waals surface area contributed by atoms with E-state index in [9.17, 15) is 0 Å². The van der Waals surface area contributed by atoms with Crippen LogP contribution in [0.4, 0.5) is 5.69 Å². The first-order chi connectivity index (χ1) is 10.3. The zero-order valence-corrected chi connectivity index (χ0v) is 12.0. The molecule has 1 aliphatic heterocycles. The molecule has 0 aliphatic carbocycles. The lowest BCUT2D eigenvalue weighted by atomic mass is 10.1. The van der Waals surface area contributed by atoms with Gasteiger partial charge >= 0.3 is 0 Å². The first-order valence-electron chi connectivity index (χ1n) is 7.24. The molecule has 1 saturated heterocycles. The third-order valence-corrected chi connectivity index (χ3v) is 4.17. The summed E-state index contributed by atoms with van der Waals surface area (Å²) in [4.78, 5) is 2.41. The van der Waals surface area contributed by atoms with Crippen molar-refractivity contribution in [2.24, 2.45) is 0 Å². The molecule has 0 unspecified atom stereocenters. The summed E-state index contributed by atoms with van der Waals surface area (Å²) in [5.41, 5.74) is 2.65. The maximum Gasteiger partial charge on any atom is 0.119 e. The molecular weight excluding hydrogens is 258 g/mol. The van der Waals surface area contributed by atoms with Crippen molar-refractivity contribution in [3.63, 3.8) is 0 Å². The van der Waals surface area contributed by atoms with Crippen LogP contribution < -0.4 is 9.64 Å². The molecule has 0 aromatic heterocycles. The molecule has 0 N–H and O–H groups in total. The number of benzene rings is 3. The Balaban J connectivity index is 1.59. The van der Waals surface area contributed by atoms with Gasteiger partial charge in [-0.15, -0.1) is 0 Å². The molecule has 3 aromatic carbocycles. The van der Waals surface area contributed by atoms with Crippen molar-refractivity contribution in [3.05, 3.63) is 72.3 Å². The van der Waals surface area contributed by atoms with Crippen LogP contribution in [0.15, 0.2) is 66.7 Å². The van der Waals surface area contributed by atoms with Gasteiger partial charge in [-0.2, -0.15) is 0 Å². The summed E-state index contributed by atoms with van der Waals surface area (Å²) in [6.45, 7) is 1.09. The lowest BCUT2D eigenvalue weighted by Gasteiger charge is -2.08. The highest BCUT2D eigenvalue weighted by molar-refractivity contribution is 5.83. The molecule has 21 heavy (non-hydrogen) atoms. The highest BCUT2D eigenvalue weighted by atomic mass is 16.5. The van der Waals surface area contributed by atoms with Crippen molar-refractivity contribution in [2.75, 3.05) is 18.6 Å². The SMILES string of the molecule is COc1ccc(N2C[C@@H]2c2ccc3ccccc3c2)cc1. The molecule has 1 aliphatic rings. The summed E-state index contributed by atoms with van der Waals surface area (Å²) in [6.07, 6.45) is 0. The van der Waals surface area contributed by atoms with Crippen molar-refractivity contribution < 1.29 is 4.74 Å². The van der Waals surface area contributed by atoms with Gasteiger partial charge in [-0.1, -0.05) is 36.4 Å². The Morgan fingerprint density at radius 3 is 2.43 bits per heavy atom. The largest absolute Gasteiger partial charge is 0.497 e. The second-order valence-electron chi connectivity index (χ2n) is 5.47. The quantitative estimate of drug-likeness (QED) is 0.656. The fourth-order valence-electron chi connectivity index (χ4n) is 2.90. The average molecular weight is 275 g/mol. The van der Waals surface area contributed by atoms with Crippen LogP contribution in [0.2, 0.25) is 0 Å². The van der Waals surface area contributed by atoms with Gasteiger partial charge in [0.25, 0.3) is 0 Å². The summed E-state index contributed by atoms with van der Waals surface area (Å²) < 4.78 is 5.21. The molecule has 0 radical (unpaired) electrons. The molecule has 1 fully saturated rings. The Hall–Kier alpha value is -2.48. The van der Waals surface area contributed by atoms with Crippen molar-refractivity contribution in [1.29, 1.82) is 0 Å². The zero-order chi connectivity index (χ0) is 14.2. The minimum absolute atomic E-state index is 0.503. The molecule has 0 bridgehead atoms. The Kier molecular flexibility index (Phi) is 2.81. The lowest BCUT2D eigenvalue weighted by Crippen LogP contribution is -1.94. The molecular formula is C19H17NO. The number of rotatable bonds is 3. The van der Waals surface area contributed by atoms with Crippen molar-refractivity contribution >= 4 is 16.5 Å². The molecule has 1 heterocycles. The van der Waals surface area contributed by atoms with Gasteiger partial charge in [0, 0.05) is 12.2 Å². The van der Waals surface area contributed by atoms with Crippen LogP contribution in [0.5, 0.6) is 5.75 Å². The number of anilines is 1. The smallest absolute Gasteiger partial charge is 0.119 e. The second-order valence-corrected chi connectivity index (χ2v) is 5.47. The van der Waals surface area contributed by atoms with Gasteiger partial charge in [0.05, 0.1) is 13.2 Å². The van der Waals surface area contributed by atoms with Gasteiger partial charge in [0.15, 0.2) is 0 Å². The lowest BCUT2D eigenvalue weighted by molar-refractivity contribution is 0.415. The van der Waals surface area contributed by atoms with E-state index in [2.05, 4.69) is 59.5 Å². The van der Waals surface area contributed by atoms with E-state index in [1.54, 1.807) is 7.11 Å². The van der Waals surface area contributed by atoms with Gasteiger partial charge < -0.3 is 9.64 Å². The van der Waals surface area contributed by atoms with Gasteiger partial charge in [-0.3, -0.25) is 0 Å². The summed E-state index contributed by atoms with van der Waals surface area (Å²) in [5.74, 6) is 0.905. The minimum atomic E-state index is 0.503. The van der Waals surface area contributed by atoms with Gasteiger partial charge in [0.2, 0.25) is 0 Å². The van der Waals surface area contributed by atoms with Gasteiger partial charge in [0.1, 0.15) is 5.75 Å². The monoisotopic (exact) mass is 275 g/mol. The van der Waals surface area contributed by atoms with Crippen LogP contribution in [-0.2, 0) is 0 Å². The highest BCUT2D eigenvalue weighted by Gasteiger charge is 2.35. The van der Waals surface area contributed by atoms with Gasteiger partial charge in [-0.05, 0) is 46.7 Å². The van der Waals surface area contributed by atoms with E-state index in [0.29, 0.717) is 6.04 Å². The van der Waals surface area contributed by atoms with E-state index in [4.69, 9.17) is 4.74 Å². The van der Waals surface area contributed by atoms with Crippen molar-refractivity contribution in [2.45, 2.75) is 6.04 Å². The first-order valence-corrected chi connectivity index (χ1v) is 7.24. The third-order valence-electron chi connectivity index (χ3n) is 4.17. The highest BCUT2D eigenvalue weighted by Crippen LogP contribution is 2.40. The molecule has 2 nitrogen and oxygen atoms in total. The van der Waals surface area contributed by atoms with Crippen LogP contribution in [0.3, 0.4) is 0 Å². The molecule has 104 valence electrons. The Labute approximate surface area is 124 Å². The topological polar surface area (TPSA) is 12.2 Å². The third kappa shape index (κ3) is 2.23. The Morgan fingerprint density at radius 1 is 0.905 bits per heavy atom. The molecule has 1 atom stereocenters. The first kappa shape index (κ1) is 12.3. The van der Waals surface area contributed by atoms with Crippen molar-refractivity contribution in [1.82, 2.24) is 0 Å². The number of hydrogen-bond acceptors (Lipinski definition) is 2. The number of methoxy groups -OCH3 is 1. The maximum atomic E-state index is 5.21. The summed E-state index contributed by atoms with van der Waals surface area (Å²) in [5, 5.41) is 2.62. The molecule has 2 heteroatoms. The number of nitrogens with zero attached hydrogens (tertiary/aromatic N) is 1. The van der Waals surface area contributed by atoms with E-state index < -0.39 is 0 Å². The van der Waals surface area contributed by atoms with Crippen LogP contribution in [0.1, 0.15) is 11.6 Å². The Morgan fingerprint density at radius 2 is 1.67 bits per heavy atom. The van der Waals surface area contributed by atoms with Crippen LogP contribution >= 0.6 is 0 Å². The normalized spacial score (nSPS) is 17.0. The van der Waals surface area contributed by atoms with Crippen LogP contribution in [-0.4, -0.2) is 13.7 Å². The Bertz CT molecular complexity index is 779. The van der Waals surface area contributed by atoms with E-state index in [-0.39, 0.29) is 0 Å². The summed E-state index contributed by atoms with van der Waals surface area (Å²) in [7, 11) is 1.70. The van der Waals surface area contributed by atoms with E-state index in [1.807, 2.05) is 12.1 Å². The van der Waals surface area contributed by atoms with Crippen LogP contribution in [0.25, 0.3) is 10.8 Å². The number of ether oxygens (including phenoxy) is 1. The predicted molar refractivity (Wildman–Crippen MR) is 87.0 cm³/mol. The van der Waals surface area contributed by atoms with Crippen LogP contribution in [0, 0.1) is 0 Å². The predicted octanol–water partition coefficient (Wildman–Crippen LogP) is 4.41. The molecule has 0 spiro atoms. The minimum Gasteiger partial charge on any atom is -0.497 e. The molecule has 0 amide bonds.